The highest BCUT2D eigenvalue weighted by atomic mass is 32.2. The van der Waals surface area contributed by atoms with Gasteiger partial charge in [-0.1, -0.05) is 51.1 Å². The van der Waals surface area contributed by atoms with Gasteiger partial charge in [-0.15, -0.1) is 0 Å². The zero-order valence-electron chi connectivity index (χ0n) is 29.6. The number of carbonyl (C=O) groups excluding carboxylic acids is 1. The second-order valence-electron chi connectivity index (χ2n) is 15.3. The number of pyridine rings is 1. The standard InChI is InChI=1S/C39H46N6O4S/c1-26-11-6-12-27(2)35(26)32-22-34-42-37(41-32)43-50(47,48)31-15-7-13-28(21-31)36(46)44(30(25-49-34)23-38(3,4)5)24-29-14-8-16-33(40-29)45-20-10-19-39(45)17-9-18-39/h6-8,11-16,21-22,30H,9-10,17-20,23-25H2,1-5H3,(H,41,42,43)/t30-/m1/s1. The average molecular weight is 695 g/mol. The molecule has 0 radical (unpaired) electrons. The number of aryl methyl sites for hydroxylation is 2. The maximum Gasteiger partial charge on any atom is 0.264 e. The Morgan fingerprint density at radius 3 is 2.36 bits per heavy atom. The molecule has 1 N–H and O–H groups in total. The molecule has 2 aromatic heterocycles. The normalized spacial score (nSPS) is 19.9. The molecule has 1 aliphatic carbocycles. The predicted octanol–water partition coefficient (Wildman–Crippen LogP) is 7.32. The molecule has 2 aromatic carbocycles. The summed E-state index contributed by atoms with van der Waals surface area (Å²) >= 11 is 0. The molecular formula is C39H46N6O4S. The van der Waals surface area contributed by atoms with Crippen molar-refractivity contribution in [3.8, 4) is 17.1 Å². The van der Waals surface area contributed by atoms with Crippen molar-refractivity contribution in [2.75, 3.05) is 22.8 Å². The zero-order valence-corrected chi connectivity index (χ0v) is 30.4. The molecule has 4 aromatic rings. The second-order valence-corrected chi connectivity index (χ2v) is 17.0. The zero-order chi connectivity index (χ0) is 35.3. The van der Waals surface area contributed by atoms with Crippen LogP contribution < -0.4 is 14.4 Å². The van der Waals surface area contributed by atoms with Crippen molar-refractivity contribution in [3.05, 3.63) is 89.1 Å². The third-order valence-electron chi connectivity index (χ3n) is 10.3. The van der Waals surface area contributed by atoms with Gasteiger partial charge in [0, 0.05) is 29.3 Å². The molecule has 1 atom stereocenters. The van der Waals surface area contributed by atoms with Crippen molar-refractivity contribution in [2.45, 2.75) is 96.2 Å². The summed E-state index contributed by atoms with van der Waals surface area (Å²) in [5.41, 5.74) is 4.47. The number of hydrogen-bond acceptors (Lipinski definition) is 8. The third-order valence-corrected chi connectivity index (χ3v) is 11.6. The summed E-state index contributed by atoms with van der Waals surface area (Å²) in [6, 6.07) is 19.5. The van der Waals surface area contributed by atoms with Gasteiger partial charge in [0.25, 0.3) is 15.9 Å². The Morgan fingerprint density at radius 1 is 0.920 bits per heavy atom. The molecule has 3 aliphatic rings. The first kappa shape index (κ1) is 34.0. The van der Waals surface area contributed by atoms with Crippen molar-refractivity contribution < 1.29 is 17.9 Å². The molecule has 10 nitrogen and oxygen atoms in total. The van der Waals surface area contributed by atoms with Crippen LogP contribution in [0.1, 0.15) is 86.5 Å². The lowest BCUT2D eigenvalue weighted by molar-refractivity contribution is 0.0509. The number of hydrogen-bond donors (Lipinski definition) is 1. The van der Waals surface area contributed by atoms with Crippen molar-refractivity contribution in [2.24, 2.45) is 5.41 Å². The van der Waals surface area contributed by atoms with Crippen LogP contribution in [0, 0.1) is 19.3 Å². The van der Waals surface area contributed by atoms with Gasteiger partial charge in [-0.25, -0.2) is 23.1 Å². The van der Waals surface area contributed by atoms with Gasteiger partial charge in [-0.2, -0.15) is 4.98 Å². The van der Waals surface area contributed by atoms with E-state index in [2.05, 4.69) is 46.4 Å². The highest BCUT2D eigenvalue weighted by Gasteiger charge is 2.46. The van der Waals surface area contributed by atoms with E-state index >= 15 is 0 Å². The first-order chi connectivity index (χ1) is 23.8. The molecule has 0 unspecified atom stereocenters. The van der Waals surface area contributed by atoms with Crippen molar-refractivity contribution >= 4 is 27.7 Å². The van der Waals surface area contributed by atoms with Crippen LogP contribution in [0.4, 0.5) is 11.8 Å². The Bertz CT molecular complexity index is 2020. The van der Waals surface area contributed by atoms with Gasteiger partial charge in [0.2, 0.25) is 11.8 Å². The van der Waals surface area contributed by atoms with E-state index in [4.69, 9.17) is 9.72 Å². The van der Waals surface area contributed by atoms with Gasteiger partial charge in [0.15, 0.2) is 0 Å². The van der Waals surface area contributed by atoms with Crippen LogP contribution in [-0.4, -0.2) is 58.9 Å². The van der Waals surface area contributed by atoms with Gasteiger partial charge >= 0.3 is 0 Å². The van der Waals surface area contributed by atoms with Crippen LogP contribution >= 0.6 is 0 Å². The number of nitrogens with zero attached hydrogens (tertiary/aromatic N) is 5. The van der Waals surface area contributed by atoms with E-state index in [1.165, 1.54) is 37.8 Å². The highest BCUT2D eigenvalue weighted by Crippen LogP contribution is 2.47. The molecule has 11 heteroatoms. The number of nitrogens with one attached hydrogen (secondary N) is 1. The van der Waals surface area contributed by atoms with Crippen LogP contribution in [0.25, 0.3) is 11.3 Å². The fourth-order valence-electron chi connectivity index (χ4n) is 7.83. The number of aromatic nitrogens is 3. The summed E-state index contributed by atoms with van der Waals surface area (Å²) in [6.07, 6.45) is 6.60. The van der Waals surface area contributed by atoms with E-state index in [1.807, 2.05) is 44.2 Å². The van der Waals surface area contributed by atoms with Crippen LogP contribution in [0.15, 0.2) is 71.6 Å². The van der Waals surface area contributed by atoms with E-state index in [9.17, 15) is 13.2 Å². The van der Waals surface area contributed by atoms with E-state index in [0.29, 0.717) is 12.1 Å². The van der Waals surface area contributed by atoms with E-state index in [1.54, 1.807) is 23.1 Å². The molecule has 262 valence electrons. The average Bonchev–Trinajstić information content (AvgIpc) is 3.51. The molecule has 7 rings (SSSR count). The summed E-state index contributed by atoms with van der Waals surface area (Å²) in [4.78, 5) is 33.1. The predicted molar refractivity (Wildman–Crippen MR) is 195 cm³/mol. The lowest BCUT2D eigenvalue weighted by Gasteiger charge is -2.46. The maximum absolute atomic E-state index is 14.6. The Kier molecular flexibility index (Phi) is 8.82. The topological polar surface area (TPSA) is 118 Å². The molecule has 1 saturated heterocycles. The molecule has 2 aliphatic heterocycles. The number of fused-ring (bicyclic) bond motifs is 4. The summed E-state index contributed by atoms with van der Waals surface area (Å²) in [5, 5.41) is 0. The largest absolute Gasteiger partial charge is 0.475 e. The number of ether oxygens (including phenoxy) is 1. The summed E-state index contributed by atoms with van der Waals surface area (Å²) in [7, 11) is -4.16. The SMILES string of the molecule is Cc1cccc(C)c1-c1cc2nc(n1)NS(=O)(=O)c1cccc(c1)C(=O)N(Cc1cccc(N3CCCC34CCC4)n1)[C@H](CC(C)(C)C)CO2. The second kappa shape index (κ2) is 13.0. The minimum Gasteiger partial charge on any atom is -0.475 e. The number of sulfonamides is 1. The number of rotatable bonds is 5. The monoisotopic (exact) mass is 694 g/mol. The molecule has 4 heterocycles. The number of amides is 1. The van der Waals surface area contributed by atoms with E-state index < -0.39 is 16.1 Å². The van der Waals surface area contributed by atoms with Gasteiger partial charge in [-0.05, 0) is 99.2 Å². The smallest absolute Gasteiger partial charge is 0.264 e. The number of benzene rings is 2. The van der Waals surface area contributed by atoms with E-state index in [-0.39, 0.29) is 52.3 Å². The van der Waals surface area contributed by atoms with Crippen LogP contribution in [0.5, 0.6) is 5.88 Å². The summed E-state index contributed by atoms with van der Waals surface area (Å²) in [5.74, 6) is 0.769. The van der Waals surface area contributed by atoms with Crippen molar-refractivity contribution in [3.63, 3.8) is 0 Å². The minimum atomic E-state index is -4.16. The number of carbonyl (C=O) groups is 1. The molecule has 2 fully saturated rings. The Balaban J connectivity index is 1.32. The molecular weight excluding hydrogens is 649 g/mol. The first-order valence-electron chi connectivity index (χ1n) is 17.6. The first-order valence-corrected chi connectivity index (χ1v) is 19.0. The maximum atomic E-state index is 14.6. The molecule has 1 spiro atoms. The van der Waals surface area contributed by atoms with Crippen molar-refractivity contribution in [1.82, 2.24) is 19.9 Å². The van der Waals surface area contributed by atoms with Gasteiger partial charge in [0.1, 0.15) is 12.4 Å². The van der Waals surface area contributed by atoms with Crippen molar-refractivity contribution in [1.29, 1.82) is 0 Å². The van der Waals surface area contributed by atoms with E-state index in [0.717, 1.165) is 41.2 Å². The molecule has 1 amide bonds. The van der Waals surface area contributed by atoms with Crippen LogP contribution in [0.3, 0.4) is 0 Å². The van der Waals surface area contributed by atoms with Gasteiger partial charge in [0.05, 0.1) is 28.9 Å². The summed E-state index contributed by atoms with van der Waals surface area (Å²) in [6.45, 7) is 11.7. The van der Waals surface area contributed by atoms with Crippen LogP contribution in [-0.2, 0) is 16.6 Å². The van der Waals surface area contributed by atoms with Gasteiger partial charge in [-0.3, -0.25) is 4.79 Å². The minimum absolute atomic E-state index is 0.0570. The molecule has 4 bridgehead atoms. The molecule has 1 saturated carbocycles. The Labute approximate surface area is 295 Å². The third kappa shape index (κ3) is 6.80. The number of anilines is 2. The summed E-state index contributed by atoms with van der Waals surface area (Å²) < 4.78 is 36.5. The Hall–Kier alpha value is -4.51. The van der Waals surface area contributed by atoms with Crippen LogP contribution in [0.2, 0.25) is 0 Å². The quantitative estimate of drug-likeness (QED) is 0.231. The highest BCUT2D eigenvalue weighted by molar-refractivity contribution is 7.92. The molecule has 50 heavy (non-hydrogen) atoms. The van der Waals surface area contributed by atoms with Gasteiger partial charge < -0.3 is 14.5 Å². The lowest BCUT2D eigenvalue weighted by atomic mass is 9.75. The fraction of sp³-hybridized carbons (Fsp3) is 0.436. The fourth-order valence-corrected chi connectivity index (χ4v) is 8.82. The Morgan fingerprint density at radius 2 is 1.64 bits per heavy atom. The lowest BCUT2D eigenvalue weighted by Crippen LogP contribution is -2.50.